The van der Waals surface area contributed by atoms with Gasteiger partial charge in [-0.25, -0.2) is 0 Å². The molecule has 1 aliphatic carbocycles. The average molecular weight is 369 g/mol. The van der Waals surface area contributed by atoms with Crippen LogP contribution in [0, 0.1) is 0 Å². The predicted molar refractivity (Wildman–Crippen MR) is 104 cm³/mol. The largest absolute Gasteiger partial charge is 0.351 e. The zero-order chi connectivity index (χ0) is 17.1. The molecule has 1 amide bonds. The molecule has 4 rings (SSSR count). The molecule has 0 aliphatic heterocycles. The summed E-state index contributed by atoms with van der Waals surface area (Å²) in [5.41, 5.74) is 1.74. The van der Waals surface area contributed by atoms with Crippen molar-refractivity contribution >= 4 is 28.6 Å². The second kappa shape index (κ2) is 7.10. The Hall–Kier alpha value is -1.98. The van der Waals surface area contributed by atoms with Gasteiger partial charge in [-0.05, 0) is 53.4 Å². The first-order chi connectivity index (χ1) is 12.3. The first-order valence-corrected chi connectivity index (χ1v) is 10.3. The number of pyridine rings is 1. The number of carbonyl (C=O) groups excluding carboxylic acids is 1. The van der Waals surface area contributed by atoms with Crippen LogP contribution in [-0.2, 0) is 16.8 Å². The summed E-state index contributed by atoms with van der Waals surface area (Å²) < 4.78 is 0. The van der Waals surface area contributed by atoms with Gasteiger partial charge in [0.25, 0.3) is 0 Å². The third-order valence-corrected chi connectivity index (χ3v) is 6.90. The monoisotopic (exact) mass is 368 g/mol. The summed E-state index contributed by atoms with van der Waals surface area (Å²) in [6, 6.07) is 12.3. The van der Waals surface area contributed by atoms with Gasteiger partial charge in [-0.1, -0.05) is 25.0 Å². The molecule has 1 saturated carbocycles. The Morgan fingerprint density at radius 1 is 1.12 bits per heavy atom. The molecule has 0 atom stereocenters. The van der Waals surface area contributed by atoms with Crippen LogP contribution in [0.5, 0.6) is 0 Å². The molecule has 3 heterocycles. The molecular weight excluding hydrogens is 348 g/mol. The number of amides is 1. The van der Waals surface area contributed by atoms with Crippen LogP contribution in [0.3, 0.4) is 0 Å². The number of hydrogen-bond donors (Lipinski definition) is 1. The van der Waals surface area contributed by atoms with Crippen LogP contribution in [0.4, 0.5) is 0 Å². The standard InChI is InChI=1S/C20H20N2OS2/c23-19(20(8-1-2-9-20)18-6-4-12-25-18)22-14-15-7-10-21-16(13-15)17-5-3-11-24-17/h3-7,10-13H,1-2,8-9,14H2,(H,22,23). The minimum absolute atomic E-state index is 0.168. The quantitative estimate of drug-likeness (QED) is 0.688. The molecule has 1 fully saturated rings. The molecule has 3 aromatic heterocycles. The van der Waals surface area contributed by atoms with Gasteiger partial charge in [-0.15, -0.1) is 22.7 Å². The van der Waals surface area contributed by atoms with E-state index < -0.39 is 0 Å². The van der Waals surface area contributed by atoms with Gasteiger partial charge in [0.1, 0.15) is 0 Å². The fraction of sp³-hybridized carbons (Fsp3) is 0.300. The van der Waals surface area contributed by atoms with Crippen LogP contribution in [0.25, 0.3) is 10.6 Å². The van der Waals surface area contributed by atoms with Crippen LogP contribution in [-0.4, -0.2) is 10.9 Å². The molecule has 0 aromatic carbocycles. The molecule has 0 unspecified atom stereocenters. The molecule has 1 aliphatic rings. The number of hydrogen-bond acceptors (Lipinski definition) is 4. The summed E-state index contributed by atoms with van der Waals surface area (Å²) in [5.74, 6) is 0.168. The Labute approximate surface area is 155 Å². The molecule has 0 spiro atoms. The highest BCUT2D eigenvalue weighted by Gasteiger charge is 2.43. The lowest BCUT2D eigenvalue weighted by Gasteiger charge is -2.26. The van der Waals surface area contributed by atoms with E-state index in [4.69, 9.17) is 0 Å². The summed E-state index contributed by atoms with van der Waals surface area (Å²) >= 11 is 3.38. The first kappa shape index (κ1) is 16.5. The summed E-state index contributed by atoms with van der Waals surface area (Å²) in [6.07, 6.45) is 5.99. The van der Waals surface area contributed by atoms with E-state index in [2.05, 4.69) is 39.3 Å². The van der Waals surface area contributed by atoms with Crippen LogP contribution in [0.15, 0.2) is 53.4 Å². The molecule has 25 heavy (non-hydrogen) atoms. The normalized spacial score (nSPS) is 16.0. The molecule has 0 bridgehead atoms. The van der Waals surface area contributed by atoms with Crippen molar-refractivity contribution in [3.8, 4) is 10.6 Å². The predicted octanol–water partition coefficient (Wildman–Crippen LogP) is 5.00. The van der Waals surface area contributed by atoms with E-state index >= 15 is 0 Å². The van der Waals surface area contributed by atoms with Crippen molar-refractivity contribution in [1.29, 1.82) is 0 Å². The van der Waals surface area contributed by atoms with Gasteiger partial charge >= 0.3 is 0 Å². The van der Waals surface area contributed by atoms with Crippen LogP contribution in [0.1, 0.15) is 36.1 Å². The Kier molecular flexibility index (Phi) is 4.68. The van der Waals surface area contributed by atoms with Gasteiger partial charge in [0, 0.05) is 17.6 Å². The summed E-state index contributed by atoms with van der Waals surface area (Å²) in [7, 11) is 0. The van der Waals surface area contributed by atoms with Crippen molar-refractivity contribution in [2.45, 2.75) is 37.6 Å². The Morgan fingerprint density at radius 2 is 1.92 bits per heavy atom. The average Bonchev–Trinajstić information content (AvgIpc) is 3.42. The van der Waals surface area contributed by atoms with Crippen molar-refractivity contribution in [2.75, 3.05) is 0 Å². The molecule has 1 N–H and O–H groups in total. The highest BCUT2D eigenvalue weighted by molar-refractivity contribution is 7.13. The Morgan fingerprint density at radius 3 is 2.64 bits per heavy atom. The maximum atomic E-state index is 13.0. The van der Waals surface area contributed by atoms with E-state index in [0.29, 0.717) is 6.54 Å². The van der Waals surface area contributed by atoms with Crippen molar-refractivity contribution in [3.05, 3.63) is 63.8 Å². The fourth-order valence-corrected chi connectivity index (χ4v) is 5.29. The molecule has 128 valence electrons. The number of nitrogens with zero attached hydrogens (tertiary/aromatic N) is 1. The Bertz CT molecular complexity index is 834. The smallest absolute Gasteiger partial charge is 0.231 e. The lowest BCUT2D eigenvalue weighted by atomic mass is 9.83. The highest BCUT2D eigenvalue weighted by Crippen LogP contribution is 2.43. The number of aromatic nitrogens is 1. The third kappa shape index (κ3) is 3.26. The van der Waals surface area contributed by atoms with E-state index in [1.54, 1.807) is 22.7 Å². The van der Waals surface area contributed by atoms with Gasteiger partial charge in [0.05, 0.1) is 16.0 Å². The molecular formula is C20H20N2OS2. The van der Waals surface area contributed by atoms with Crippen molar-refractivity contribution in [1.82, 2.24) is 10.3 Å². The highest BCUT2D eigenvalue weighted by atomic mass is 32.1. The van der Waals surface area contributed by atoms with E-state index in [-0.39, 0.29) is 11.3 Å². The van der Waals surface area contributed by atoms with E-state index in [0.717, 1.165) is 41.8 Å². The molecule has 5 heteroatoms. The van der Waals surface area contributed by atoms with E-state index in [1.807, 2.05) is 24.4 Å². The Balaban J connectivity index is 1.49. The minimum atomic E-state index is -0.322. The third-order valence-electron chi connectivity index (χ3n) is 4.94. The second-order valence-corrected chi connectivity index (χ2v) is 8.37. The summed E-state index contributed by atoms with van der Waals surface area (Å²) in [6.45, 7) is 0.548. The minimum Gasteiger partial charge on any atom is -0.351 e. The lowest BCUT2D eigenvalue weighted by Crippen LogP contribution is -2.41. The summed E-state index contributed by atoms with van der Waals surface area (Å²) in [5, 5.41) is 7.31. The van der Waals surface area contributed by atoms with Gasteiger partial charge in [-0.2, -0.15) is 0 Å². The zero-order valence-corrected chi connectivity index (χ0v) is 15.5. The van der Waals surface area contributed by atoms with Gasteiger partial charge in [0.2, 0.25) is 5.91 Å². The number of nitrogens with one attached hydrogen (secondary N) is 1. The number of rotatable bonds is 5. The topological polar surface area (TPSA) is 42.0 Å². The molecule has 3 aromatic rings. The first-order valence-electron chi connectivity index (χ1n) is 8.59. The number of thiophene rings is 2. The van der Waals surface area contributed by atoms with Crippen LogP contribution >= 0.6 is 22.7 Å². The SMILES string of the molecule is O=C(NCc1ccnc(-c2cccs2)c1)C1(c2cccs2)CCCC1. The van der Waals surface area contributed by atoms with Crippen molar-refractivity contribution < 1.29 is 4.79 Å². The van der Waals surface area contributed by atoms with Crippen LogP contribution in [0.2, 0.25) is 0 Å². The zero-order valence-electron chi connectivity index (χ0n) is 13.9. The molecule has 3 nitrogen and oxygen atoms in total. The van der Waals surface area contributed by atoms with Crippen molar-refractivity contribution in [3.63, 3.8) is 0 Å². The maximum absolute atomic E-state index is 13.0. The van der Waals surface area contributed by atoms with Gasteiger partial charge < -0.3 is 5.32 Å². The van der Waals surface area contributed by atoms with E-state index in [1.165, 1.54) is 4.88 Å². The maximum Gasteiger partial charge on any atom is 0.231 e. The lowest BCUT2D eigenvalue weighted by molar-refractivity contribution is -0.126. The fourth-order valence-electron chi connectivity index (χ4n) is 3.61. The van der Waals surface area contributed by atoms with Crippen LogP contribution < -0.4 is 5.32 Å². The molecule has 0 saturated heterocycles. The number of carbonyl (C=O) groups is 1. The van der Waals surface area contributed by atoms with Gasteiger partial charge in [-0.3, -0.25) is 9.78 Å². The second-order valence-electron chi connectivity index (χ2n) is 6.48. The molecule has 0 radical (unpaired) electrons. The van der Waals surface area contributed by atoms with Gasteiger partial charge in [0.15, 0.2) is 0 Å². The summed E-state index contributed by atoms with van der Waals surface area (Å²) in [4.78, 5) is 19.8. The van der Waals surface area contributed by atoms with E-state index in [9.17, 15) is 4.79 Å². The van der Waals surface area contributed by atoms with Crippen molar-refractivity contribution in [2.24, 2.45) is 0 Å².